The fraction of sp³-hybridized carbons (Fsp3) is 0.385. The molecule has 1 aliphatic carbocycles. The molecular weight excluding hydrogens is 216 g/mol. The number of carbonyl (C=O) groups is 1. The van der Waals surface area contributed by atoms with Gasteiger partial charge in [-0.1, -0.05) is 12.2 Å². The number of hydrogen-bond donors (Lipinski definition) is 1. The normalized spacial score (nSPS) is 18.9. The van der Waals surface area contributed by atoms with Crippen LogP contribution in [-0.2, 0) is 16.1 Å². The molecule has 0 spiro atoms. The van der Waals surface area contributed by atoms with Gasteiger partial charge >= 0.3 is 5.97 Å². The highest BCUT2D eigenvalue weighted by atomic mass is 16.5. The number of anilines is 1. The van der Waals surface area contributed by atoms with Gasteiger partial charge in [-0.2, -0.15) is 0 Å². The first-order valence-corrected chi connectivity index (χ1v) is 5.78. The van der Waals surface area contributed by atoms with E-state index in [1.807, 2.05) is 6.08 Å². The topological polar surface area (TPSA) is 65.2 Å². The van der Waals surface area contributed by atoms with Crippen LogP contribution < -0.4 is 5.73 Å². The average Bonchev–Trinajstić information content (AvgIpc) is 2.37. The summed E-state index contributed by atoms with van der Waals surface area (Å²) in [6, 6.07) is 3.51. The minimum atomic E-state index is -0.121. The van der Waals surface area contributed by atoms with Crippen LogP contribution in [0.25, 0.3) is 0 Å². The van der Waals surface area contributed by atoms with E-state index in [9.17, 15) is 4.79 Å². The van der Waals surface area contributed by atoms with Crippen molar-refractivity contribution < 1.29 is 9.53 Å². The number of pyridine rings is 1. The van der Waals surface area contributed by atoms with Gasteiger partial charge in [0.05, 0.1) is 5.92 Å². The number of rotatable bonds is 3. The SMILES string of the molecule is Nc1cc(COC(=O)C2CC=CCC2)ccn1. The third-order valence-electron chi connectivity index (χ3n) is 2.83. The number of ether oxygens (including phenoxy) is 1. The van der Waals surface area contributed by atoms with Gasteiger partial charge in [-0.15, -0.1) is 0 Å². The standard InChI is InChI=1S/C13H16N2O2/c14-12-8-10(6-7-15-12)9-17-13(16)11-4-2-1-3-5-11/h1-2,6-8,11H,3-5,9H2,(H2,14,15). The Morgan fingerprint density at radius 2 is 2.41 bits per heavy atom. The highest BCUT2D eigenvalue weighted by molar-refractivity contribution is 5.72. The molecule has 1 aromatic rings. The van der Waals surface area contributed by atoms with Crippen LogP contribution in [0.4, 0.5) is 5.82 Å². The molecule has 0 saturated heterocycles. The molecule has 0 aliphatic heterocycles. The van der Waals surface area contributed by atoms with Gasteiger partial charge in [0.1, 0.15) is 12.4 Å². The summed E-state index contributed by atoms with van der Waals surface area (Å²) in [5, 5.41) is 0. The molecule has 4 heteroatoms. The van der Waals surface area contributed by atoms with E-state index in [4.69, 9.17) is 10.5 Å². The Kier molecular flexibility index (Phi) is 3.75. The molecule has 0 fully saturated rings. The van der Waals surface area contributed by atoms with Crippen LogP contribution in [0.15, 0.2) is 30.5 Å². The Labute approximate surface area is 100 Å². The minimum Gasteiger partial charge on any atom is -0.461 e. The number of nitrogens with two attached hydrogens (primary N) is 1. The van der Waals surface area contributed by atoms with Crippen molar-refractivity contribution in [2.75, 3.05) is 5.73 Å². The maximum absolute atomic E-state index is 11.8. The average molecular weight is 232 g/mol. The highest BCUT2D eigenvalue weighted by Crippen LogP contribution is 2.20. The van der Waals surface area contributed by atoms with Crippen LogP contribution in [0.3, 0.4) is 0 Å². The van der Waals surface area contributed by atoms with Crippen LogP contribution in [0, 0.1) is 5.92 Å². The zero-order valence-corrected chi connectivity index (χ0v) is 9.63. The quantitative estimate of drug-likeness (QED) is 0.640. The Hall–Kier alpha value is -1.84. The Balaban J connectivity index is 1.85. The van der Waals surface area contributed by atoms with Crippen LogP contribution in [0.1, 0.15) is 24.8 Å². The minimum absolute atomic E-state index is 0.0131. The molecule has 0 saturated carbocycles. The third-order valence-corrected chi connectivity index (χ3v) is 2.83. The van der Waals surface area contributed by atoms with Crippen molar-refractivity contribution in [2.45, 2.75) is 25.9 Å². The molecule has 1 heterocycles. The van der Waals surface area contributed by atoms with E-state index in [1.165, 1.54) is 0 Å². The summed E-state index contributed by atoms with van der Waals surface area (Å²) >= 11 is 0. The summed E-state index contributed by atoms with van der Waals surface area (Å²) in [5.41, 5.74) is 6.42. The van der Waals surface area contributed by atoms with Crippen molar-refractivity contribution in [1.82, 2.24) is 4.98 Å². The van der Waals surface area contributed by atoms with E-state index in [1.54, 1.807) is 18.3 Å². The van der Waals surface area contributed by atoms with E-state index in [0.29, 0.717) is 5.82 Å². The van der Waals surface area contributed by atoms with E-state index < -0.39 is 0 Å². The first-order chi connectivity index (χ1) is 8.25. The molecule has 2 N–H and O–H groups in total. The molecule has 0 radical (unpaired) electrons. The first-order valence-electron chi connectivity index (χ1n) is 5.78. The Morgan fingerprint density at radius 3 is 3.12 bits per heavy atom. The lowest BCUT2D eigenvalue weighted by atomic mass is 9.95. The summed E-state index contributed by atoms with van der Waals surface area (Å²) in [7, 11) is 0. The van der Waals surface area contributed by atoms with Crippen LogP contribution >= 0.6 is 0 Å². The number of aromatic nitrogens is 1. The van der Waals surface area contributed by atoms with Crippen molar-refractivity contribution in [3.05, 3.63) is 36.0 Å². The Morgan fingerprint density at radius 1 is 1.53 bits per heavy atom. The van der Waals surface area contributed by atoms with Crippen LogP contribution in [0.5, 0.6) is 0 Å². The number of esters is 1. The molecule has 1 unspecified atom stereocenters. The van der Waals surface area contributed by atoms with E-state index in [-0.39, 0.29) is 18.5 Å². The molecule has 2 rings (SSSR count). The summed E-state index contributed by atoms with van der Waals surface area (Å²) in [5.74, 6) is 0.336. The summed E-state index contributed by atoms with van der Waals surface area (Å²) < 4.78 is 5.27. The smallest absolute Gasteiger partial charge is 0.309 e. The summed E-state index contributed by atoms with van der Waals surface area (Å²) in [6.45, 7) is 0.270. The van der Waals surface area contributed by atoms with Gasteiger partial charge in [0.25, 0.3) is 0 Å². The zero-order valence-electron chi connectivity index (χ0n) is 9.63. The molecule has 4 nitrogen and oxygen atoms in total. The van der Waals surface area contributed by atoms with Gasteiger partial charge in [0, 0.05) is 6.20 Å². The van der Waals surface area contributed by atoms with Crippen molar-refractivity contribution >= 4 is 11.8 Å². The molecule has 1 atom stereocenters. The van der Waals surface area contributed by atoms with Crippen molar-refractivity contribution in [3.8, 4) is 0 Å². The molecule has 0 bridgehead atoms. The number of nitrogen functional groups attached to an aromatic ring is 1. The van der Waals surface area contributed by atoms with Crippen molar-refractivity contribution in [1.29, 1.82) is 0 Å². The molecule has 1 aromatic heterocycles. The monoisotopic (exact) mass is 232 g/mol. The number of carbonyl (C=O) groups excluding carboxylic acids is 1. The predicted molar refractivity (Wildman–Crippen MR) is 64.9 cm³/mol. The largest absolute Gasteiger partial charge is 0.461 e. The lowest BCUT2D eigenvalue weighted by molar-refractivity contribution is -0.150. The fourth-order valence-electron chi connectivity index (χ4n) is 1.86. The molecule has 90 valence electrons. The fourth-order valence-corrected chi connectivity index (χ4v) is 1.86. The lowest BCUT2D eigenvalue weighted by Gasteiger charge is -2.16. The molecule has 0 amide bonds. The predicted octanol–water partition coefficient (Wildman–Crippen LogP) is 2.06. The van der Waals surface area contributed by atoms with Crippen LogP contribution in [0.2, 0.25) is 0 Å². The molecule has 17 heavy (non-hydrogen) atoms. The third kappa shape index (κ3) is 3.31. The van der Waals surface area contributed by atoms with Gasteiger partial charge in [0.15, 0.2) is 0 Å². The molecular formula is C13H16N2O2. The number of hydrogen-bond acceptors (Lipinski definition) is 4. The second-order valence-corrected chi connectivity index (χ2v) is 4.18. The zero-order chi connectivity index (χ0) is 12.1. The Bertz CT molecular complexity index is 429. The van der Waals surface area contributed by atoms with Crippen LogP contribution in [-0.4, -0.2) is 11.0 Å². The van der Waals surface area contributed by atoms with Gasteiger partial charge < -0.3 is 10.5 Å². The summed E-state index contributed by atoms with van der Waals surface area (Å²) in [6.07, 6.45) is 8.39. The first kappa shape index (κ1) is 11.6. The molecule has 0 aromatic carbocycles. The second-order valence-electron chi connectivity index (χ2n) is 4.18. The van der Waals surface area contributed by atoms with Gasteiger partial charge in [-0.3, -0.25) is 4.79 Å². The van der Waals surface area contributed by atoms with Crippen molar-refractivity contribution in [2.24, 2.45) is 5.92 Å². The van der Waals surface area contributed by atoms with Crippen molar-refractivity contribution in [3.63, 3.8) is 0 Å². The lowest BCUT2D eigenvalue weighted by Crippen LogP contribution is -2.18. The van der Waals surface area contributed by atoms with Gasteiger partial charge in [0.2, 0.25) is 0 Å². The number of allylic oxidation sites excluding steroid dienone is 2. The molecule has 1 aliphatic rings. The maximum atomic E-state index is 11.8. The van der Waals surface area contributed by atoms with Gasteiger partial charge in [-0.05, 0) is 37.0 Å². The van der Waals surface area contributed by atoms with Gasteiger partial charge in [-0.25, -0.2) is 4.98 Å². The van der Waals surface area contributed by atoms with E-state index >= 15 is 0 Å². The maximum Gasteiger partial charge on any atom is 0.309 e. The second kappa shape index (κ2) is 5.48. The van der Waals surface area contributed by atoms with E-state index in [2.05, 4.69) is 11.1 Å². The highest BCUT2D eigenvalue weighted by Gasteiger charge is 2.19. The van der Waals surface area contributed by atoms with E-state index in [0.717, 1.165) is 24.8 Å². The number of nitrogens with zero attached hydrogens (tertiary/aromatic N) is 1. The summed E-state index contributed by atoms with van der Waals surface area (Å²) in [4.78, 5) is 15.6.